The fourth-order valence-electron chi connectivity index (χ4n) is 8.23. The van der Waals surface area contributed by atoms with Crippen molar-refractivity contribution in [3.63, 3.8) is 0 Å². The molecule has 2 aromatic heterocycles. The largest absolute Gasteiger partial charge is 0.495 e. The molecule has 230 valence electrons. The summed E-state index contributed by atoms with van der Waals surface area (Å²) >= 11 is 6.81. The van der Waals surface area contributed by atoms with Gasteiger partial charge in [-0.2, -0.15) is 9.97 Å². The highest BCUT2D eigenvalue weighted by molar-refractivity contribution is 6.36. The van der Waals surface area contributed by atoms with Crippen molar-refractivity contribution in [2.75, 3.05) is 44.8 Å². The van der Waals surface area contributed by atoms with Crippen molar-refractivity contribution in [3.05, 3.63) is 47.4 Å². The Bertz CT molecular complexity index is 1780. The lowest BCUT2D eigenvalue weighted by Gasteiger charge is -2.34. The molecule has 8 nitrogen and oxygen atoms in total. The fraction of sp³-hybridized carbons (Fsp3) is 0.485. The van der Waals surface area contributed by atoms with E-state index in [4.69, 9.17) is 26.1 Å². The van der Waals surface area contributed by atoms with Crippen molar-refractivity contribution in [2.45, 2.75) is 49.9 Å². The standard InChI is InChI=1S/C33H34ClF2N5O3/c1-43-25-11-19-5-2-3-6-22(19)26(27(25)34)30-28(36)29-23(13-37-30)31(40-14-18-9-20(15-40)24(42)10-18)39-32(38-29)44-17-33-7-4-8-41(33)16-21(35)12-33/h2-3,5-6,11,13,18,20-21,24,42H,4,7-10,12,14-17H2,1H3/t18-,20-,21-,24-,33+/m1/s1. The number of alkyl halides is 1. The van der Waals surface area contributed by atoms with E-state index in [1.54, 1.807) is 6.20 Å². The van der Waals surface area contributed by atoms with Gasteiger partial charge in [-0.3, -0.25) is 9.88 Å². The maximum atomic E-state index is 16.8. The third-order valence-corrected chi connectivity index (χ3v) is 10.6. The predicted molar refractivity (Wildman–Crippen MR) is 165 cm³/mol. The number of halogens is 3. The van der Waals surface area contributed by atoms with Crippen LogP contribution < -0.4 is 14.4 Å². The van der Waals surface area contributed by atoms with Crippen LogP contribution in [-0.2, 0) is 0 Å². The van der Waals surface area contributed by atoms with Gasteiger partial charge in [-0.05, 0) is 55.0 Å². The Kier molecular flexibility index (Phi) is 6.80. The number of nitrogens with zero attached hydrogens (tertiary/aromatic N) is 5. The van der Waals surface area contributed by atoms with Gasteiger partial charge < -0.3 is 19.5 Å². The van der Waals surface area contributed by atoms with Crippen LogP contribution in [0.5, 0.6) is 11.8 Å². The minimum Gasteiger partial charge on any atom is -0.495 e. The maximum Gasteiger partial charge on any atom is 0.319 e. The Morgan fingerprint density at radius 2 is 2.00 bits per heavy atom. The first-order valence-corrected chi connectivity index (χ1v) is 15.8. The molecule has 4 aliphatic rings. The van der Waals surface area contributed by atoms with Crippen molar-refractivity contribution in [1.29, 1.82) is 0 Å². The molecule has 1 N–H and O–H groups in total. The van der Waals surface area contributed by atoms with E-state index < -0.39 is 17.5 Å². The molecule has 5 atom stereocenters. The van der Waals surface area contributed by atoms with Crippen LogP contribution in [0.1, 0.15) is 32.1 Å². The number of benzene rings is 2. The molecule has 4 fully saturated rings. The maximum absolute atomic E-state index is 16.8. The molecule has 4 aromatic rings. The third kappa shape index (κ3) is 4.48. The van der Waals surface area contributed by atoms with Crippen LogP contribution in [0.2, 0.25) is 5.02 Å². The highest BCUT2D eigenvalue weighted by Crippen LogP contribution is 2.45. The third-order valence-electron chi connectivity index (χ3n) is 10.3. The molecule has 11 heteroatoms. The SMILES string of the molecule is COc1cc2ccccc2c(-c2ncc3c(N4C[C@@H]5C[C@H](C4)[C@H](O)C5)nc(OC[C@@]45CCCN4C[C@H](F)C5)nc3c2F)c1Cl. The summed E-state index contributed by atoms with van der Waals surface area (Å²) in [5.74, 6) is 0.751. The number of ether oxygens (including phenoxy) is 2. The van der Waals surface area contributed by atoms with Crippen molar-refractivity contribution in [3.8, 4) is 23.0 Å². The summed E-state index contributed by atoms with van der Waals surface area (Å²) in [5.41, 5.74) is 0.149. The molecule has 3 saturated heterocycles. The summed E-state index contributed by atoms with van der Waals surface area (Å²) in [6.45, 7) is 2.76. The van der Waals surface area contributed by atoms with E-state index in [-0.39, 0.29) is 40.9 Å². The molecule has 5 heterocycles. The lowest BCUT2D eigenvalue weighted by Crippen LogP contribution is -2.43. The molecular formula is C33H34ClF2N5O3. The number of methoxy groups -OCH3 is 1. The predicted octanol–water partition coefficient (Wildman–Crippen LogP) is 5.81. The van der Waals surface area contributed by atoms with Gasteiger partial charge in [0.15, 0.2) is 5.82 Å². The minimum absolute atomic E-state index is 0.0483. The fourth-order valence-corrected chi connectivity index (χ4v) is 8.55. The molecule has 3 aliphatic heterocycles. The van der Waals surface area contributed by atoms with E-state index in [1.807, 2.05) is 30.3 Å². The molecule has 0 radical (unpaired) electrons. The summed E-state index contributed by atoms with van der Waals surface area (Å²) in [6, 6.07) is 9.43. The van der Waals surface area contributed by atoms with Crippen molar-refractivity contribution < 1.29 is 23.4 Å². The molecule has 0 amide bonds. The van der Waals surface area contributed by atoms with E-state index in [0.29, 0.717) is 54.5 Å². The Balaban J connectivity index is 1.27. The minimum atomic E-state index is -0.893. The van der Waals surface area contributed by atoms with Gasteiger partial charge in [-0.1, -0.05) is 35.9 Å². The van der Waals surface area contributed by atoms with Gasteiger partial charge >= 0.3 is 6.01 Å². The van der Waals surface area contributed by atoms with Crippen LogP contribution in [0.3, 0.4) is 0 Å². The summed E-state index contributed by atoms with van der Waals surface area (Å²) < 4.78 is 43.1. The molecule has 0 unspecified atom stereocenters. The van der Waals surface area contributed by atoms with Crippen molar-refractivity contribution >= 4 is 39.1 Å². The number of hydrogen-bond donors (Lipinski definition) is 1. The highest BCUT2D eigenvalue weighted by atomic mass is 35.5. The first-order valence-electron chi connectivity index (χ1n) is 15.4. The second kappa shape index (κ2) is 10.6. The number of fused-ring (bicyclic) bond motifs is 5. The van der Waals surface area contributed by atoms with Gasteiger partial charge in [0.2, 0.25) is 0 Å². The summed E-state index contributed by atoms with van der Waals surface area (Å²) in [4.78, 5) is 18.3. The van der Waals surface area contributed by atoms with Crippen LogP contribution >= 0.6 is 11.6 Å². The molecule has 2 bridgehead atoms. The van der Waals surface area contributed by atoms with Gasteiger partial charge in [-0.25, -0.2) is 8.78 Å². The number of rotatable bonds is 6. The van der Waals surface area contributed by atoms with Crippen molar-refractivity contribution in [2.24, 2.45) is 11.8 Å². The number of hydrogen-bond acceptors (Lipinski definition) is 8. The van der Waals surface area contributed by atoms with Gasteiger partial charge in [0, 0.05) is 43.7 Å². The molecule has 0 spiro atoms. The first kappa shape index (κ1) is 28.2. The van der Waals surface area contributed by atoms with Crippen LogP contribution in [0.25, 0.3) is 32.9 Å². The Morgan fingerprint density at radius 3 is 2.84 bits per heavy atom. The number of aromatic nitrogens is 3. The van der Waals surface area contributed by atoms with Crippen LogP contribution in [-0.4, -0.2) is 82.7 Å². The molecule has 8 rings (SSSR count). The van der Waals surface area contributed by atoms with Crippen LogP contribution in [0, 0.1) is 17.7 Å². The van der Waals surface area contributed by atoms with E-state index in [9.17, 15) is 9.50 Å². The van der Waals surface area contributed by atoms with E-state index >= 15 is 4.39 Å². The molecular weight excluding hydrogens is 588 g/mol. The second-order valence-electron chi connectivity index (χ2n) is 12.9. The number of pyridine rings is 1. The van der Waals surface area contributed by atoms with Gasteiger partial charge in [0.1, 0.15) is 35.6 Å². The monoisotopic (exact) mass is 621 g/mol. The van der Waals surface area contributed by atoms with Crippen LogP contribution in [0.4, 0.5) is 14.6 Å². The van der Waals surface area contributed by atoms with Gasteiger partial charge in [-0.15, -0.1) is 0 Å². The van der Waals surface area contributed by atoms with E-state index in [0.717, 1.165) is 43.0 Å². The smallest absolute Gasteiger partial charge is 0.319 e. The molecule has 2 aromatic carbocycles. The second-order valence-corrected chi connectivity index (χ2v) is 13.3. The number of piperidine rings is 1. The zero-order chi connectivity index (χ0) is 30.2. The summed E-state index contributed by atoms with van der Waals surface area (Å²) in [5, 5.41) is 12.9. The molecule has 1 saturated carbocycles. The highest BCUT2D eigenvalue weighted by Gasteiger charge is 2.49. The van der Waals surface area contributed by atoms with Gasteiger partial charge in [0.25, 0.3) is 0 Å². The lowest BCUT2D eigenvalue weighted by atomic mass is 9.95. The molecule has 44 heavy (non-hydrogen) atoms. The zero-order valence-electron chi connectivity index (χ0n) is 24.5. The number of anilines is 1. The normalized spacial score (nSPS) is 28.2. The Hall–Kier alpha value is -3.34. The summed E-state index contributed by atoms with van der Waals surface area (Å²) in [7, 11) is 1.52. The number of aliphatic hydroxyl groups excluding tert-OH is 1. The van der Waals surface area contributed by atoms with E-state index in [2.05, 4.69) is 19.8 Å². The van der Waals surface area contributed by atoms with Gasteiger partial charge in [0.05, 0.1) is 29.2 Å². The quantitative estimate of drug-likeness (QED) is 0.289. The zero-order valence-corrected chi connectivity index (χ0v) is 25.2. The first-order chi connectivity index (χ1) is 21.3. The average Bonchev–Trinajstić information content (AvgIpc) is 3.64. The topological polar surface area (TPSA) is 83.8 Å². The van der Waals surface area contributed by atoms with E-state index in [1.165, 1.54) is 7.11 Å². The summed E-state index contributed by atoms with van der Waals surface area (Å²) in [6.07, 6.45) is 4.29. The lowest BCUT2D eigenvalue weighted by molar-refractivity contribution is 0.107. The average molecular weight is 622 g/mol. The Morgan fingerprint density at radius 1 is 1.14 bits per heavy atom. The number of aliphatic hydroxyl groups is 1. The Labute approximate surface area is 259 Å². The molecule has 1 aliphatic carbocycles. The van der Waals surface area contributed by atoms with Crippen LogP contribution in [0.15, 0.2) is 36.5 Å². The van der Waals surface area contributed by atoms with Crippen molar-refractivity contribution in [1.82, 2.24) is 19.9 Å².